The number of amides is 1. The number of hydrogen-bond acceptors (Lipinski definition) is 6. The molecule has 2 aliphatic rings. The van der Waals surface area contributed by atoms with Crippen LogP contribution in [0.1, 0.15) is 45.6 Å². The third-order valence-electron chi connectivity index (χ3n) is 4.77. The maximum atomic E-state index is 12.9. The van der Waals surface area contributed by atoms with Gasteiger partial charge in [0.05, 0.1) is 26.7 Å². The molecule has 7 heteroatoms. The van der Waals surface area contributed by atoms with Gasteiger partial charge in [0.2, 0.25) is 0 Å². The molecule has 3 aromatic rings. The molecule has 0 radical (unpaired) electrons. The molecule has 5 nitrogen and oxygen atoms in total. The van der Waals surface area contributed by atoms with Crippen LogP contribution in [-0.4, -0.2) is 21.4 Å². The van der Waals surface area contributed by atoms with Crippen molar-refractivity contribution in [2.75, 3.05) is 0 Å². The normalized spacial score (nSPS) is 16.9. The van der Waals surface area contributed by atoms with Crippen molar-refractivity contribution in [2.45, 2.75) is 19.8 Å². The topological polar surface area (TPSA) is 57.7 Å². The van der Waals surface area contributed by atoms with Crippen molar-refractivity contribution in [2.24, 2.45) is 10.1 Å². The van der Waals surface area contributed by atoms with E-state index in [4.69, 9.17) is 4.98 Å². The fourth-order valence-electron chi connectivity index (χ4n) is 3.38. The number of hydrogen-bond donors (Lipinski definition) is 0. The predicted octanol–water partition coefficient (Wildman–Crippen LogP) is 6.04. The fourth-order valence-corrected chi connectivity index (χ4v) is 5.06. The maximum Gasteiger partial charge on any atom is 0.367 e. The summed E-state index contributed by atoms with van der Waals surface area (Å²) in [5.74, 6) is 1.01. The van der Waals surface area contributed by atoms with E-state index in [9.17, 15) is 4.79 Å². The lowest BCUT2D eigenvalue weighted by Crippen LogP contribution is -2.31. The average molecular weight is 418 g/mol. The van der Waals surface area contributed by atoms with Gasteiger partial charge in [-0.3, -0.25) is 0 Å². The molecular weight excluding hydrogens is 400 g/mol. The van der Waals surface area contributed by atoms with Gasteiger partial charge in [-0.15, -0.1) is 11.3 Å². The van der Waals surface area contributed by atoms with Crippen LogP contribution in [0.5, 0.6) is 0 Å². The van der Waals surface area contributed by atoms with Gasteiger partial charge in [0, 0.05) is 22.4 Å². The summed E-state index contributed by atoms with van der Waals surface area (Å²) < 4.78 is 1.35. The summed E-state index contributed by atoms with van der Waals surface area (Å²) in [5.41, 5.74) is 4.39. The number of aromatic nitrogens is 1. The van der Waals surface area contributed by atoms with Gasteiger partial charge in [0.25, 0.3) is 5.82 Å². The van der Waals surface area contributed by atoms with E-state index in [-0.39, 0.29) is 5.91 Å². The van der Waals surface area contributed by atoms with E-state index < -0.39 is 0 Å². The Morgan fingerprint density at radius 3 is 2.69 bits per heavy atom. The molecule has 142 valence electrons. The van der Waals surface area contributed by atoms with E-state index in [1.165, 1.54) is 4.70 Å². The van der Waals surface area contributed by atoms with E-state index in [1.807, 2.05) is 24.3 Å². The zero-order chi connectivity index (χ0) is 20.1. The summed E-state index contributed by atoms with van der Waals surface area (Å²) in [4.78, 5) is 23.3. The van der Waals surface area contributed by atoms with E-state index in [0.29, 0.717) is 23.1 Å². The largest absolute Gasteiger partial charge is 0.367 e. The molecule has 0 saturated carbocycles. The molecule has 5 rings (SSSR count). The highest BCUT2D eigenvalue weighted by Crippen LogP contribution is 2.38. The average Bonchev–Trinajstić information content (AvgIpc) is 3.44. The SMILES string of the molecule is C=C1N=C2/C(=C\c3sc(C(C)C)nc3-c3ccsc3)c3ccccc3C(=O)[N+]2=N1. The number of thiophene rings is 1. The minimum absolute atomic E-state index is 0.180. The van der Waals surface area contributed by atoms with Gasteiger partial charge in [-0.1, -0.05) is 36.7 Å². The highest BCUT2D eigenvalue weighted by Gasteiger charge is 2.42. The zero-order valence-electron chi connectivity index (χ0n) is 15.9. The van der Waals surface area contributed by atoms with Crippen molar-refractivity contribution >= 4 is 46.1 Å². The van der Waals surface area contributed by atoms with Crippen molar-refractivity contribution in [3.05, 3.63) is 74.5 Å². The summed E-state index contributed by atoms with van der Waals surface area (Å²) in [6.45, 7) is 8.11. The lowest BCUT2D eigenvalue weighted by Gasteiger charge is -2.14. The molecule has 1 aromatic carbocycles. The second kappa shape index (κ2) is 6.79. The Labute approximate surface area is 176 Å². The molecule has 0 spiro atoms. The molecule has 29 heavy (non-hydrogen) atoms. The third-order valence-corrected chi connectivity index (χ3v) is 6.75. The Morgan fingerprint density at radius 2 is 1.97 bits per heavy atom. The predicted molar refractivity (Wildman–Crippen MR) is 117 cm³/mol. The first-order valence-corrected chi connectivity index (χ1v) is 11.0. The molecule has 1 amide bonds. The van der Waals surface area contributed by atoms with Crippen molar-refractivity contribution in [3.8, 4) is 11.3 Å². The van der Waals surface area contributed by atoms with Crippen LogP contribution in [0.25, 0.3) is 22.9 Å². The lowest BCUT2D eigenvalue weighted by molar-refractivity contribution is -0.369. The standard InChI is InChI=1S/C22H17N4OS2/c1-12(2)21-24-19(14-8-9-28-11-14)18(29-21)10-17-15-6-4-5-7-16(15)22(27)26-20(17)23-13(3)25-26/h4-12H,3H2,1-2H3/q+1/b17-10-. The monoisotopic (exact) mass is 417 g/mol. The zero-order valence-corrected chi connectivity index (χ0v) is 17.5. The Bertz CT molecular complexity index is 1260. The van der Waals surface area contributed by atoms with Crippen LogP contribution in [0.15, 0.2) is 63.6 Å². The summed E-state index contributed by atoms with van der Waals surface area (Å²) in [6.07, 6.45) is 2.09. The minimum Gasteiger partial charge on any atom is -0.240 e. The Kier molecular flexibility index (Phi) is 4.22. The van der Waals surface area contributed by atoms with Gasteiger partial charge in [0.15, 0.2) is 0 Å². The first kappa shape index (κ1) is 18.0. The molecular formula is C22H17N4OS2+. The van der Waals surface area contributed by atoms with Crippen molar-refractivity contribution < 1.29 is 9.49 Å². The lowest BCUT2D eigenvalue weighted by atomic mass is 9.93. The summed E-state index contributed by atoms with van der Waals surface area (Å²) >= 11 is 3.33. The van der Waals surface area contributed by atoms with Crippen LogP contribution < -0.4 is 0 Å². The quantitative estimate of drug-likeness (QED) is 0.488. The molecule has 2 aromatic heterocycles. The molecule has 0 bridgehead atoms. The fraction of sp³-hybridized carbons (Fsp3) is 0.136. The Balaban J connectivity index is 1.76. The van der Waals surface area contributed by atoms with Crippen LogP contribution in [0.4, 0.5) is 0 Å². The number of carbonyl (C=O) groups is 1. The number of fused-ring (bicyclic) bond motifs is 2. The summed E-state index contributed by atoms with van der Waals surface area (Å²) in [7, 11) is 0. The maximum absolute atomic E-state index is 12.9. The van der Waals surface area contributed by atoms with E-state index in [0.717, 1.165) is 32.3 Å². The molecule has 0 aliphatic carbocycles. The number of azo groups is 2. The number of carbonyl (C=O) groups excluding carboxylic acids is 1. The first-order chi connectivity index (χ1) is 14.0. The van der Waals surface area contributed by atoms with Gasteiger partial charge in [-0.25, -0.2) is 9.78 Å². The number of benzene rings is 1. The molecule has 0 unspecified atom stereocenters. The number of aliphatic imine (C=N–C) groups is 1. The Morgan fingerprint density at radius 1 is 1.17 bits per heavy atom. The molecule has 0 saturated heterocycles. The van der Waals surface area contributed by atoms with Gasteiger partial charge >= 0.3 is 11.7 Å². The van der Waals surface area contributed by atoms with Crippen LogP contribution >= 0.6 is 22.7 Å². The van der Waals surface area contributed by atoms with E-state index >= 15 is 0 Å². The molecule has 0 fully saturated rings. The van der Waals surface area contributed by atoms with E-state index in [1.54, 1.807) is 22.7 Å². The number of nitrogens with zero attached hydrogens (tertiary/aromatic N) is 4. The highest BCUT2D eigenvalue weighted by atomic mass is 32.1. The molecule has 4 heterocycles. The molecule has 0 N–H and O–H groups in total. The van der Waals surface area contributed by atoms with Gasteiger partial charge in [0.1, 0.15) is 0 Å². The summed E-state index contributed by atoms with van der Waals surface area (Å²) in [5, 5.41) is 9.47. The van der Waals surface area contributed by atoms with Crippen LogP contribution in [0.3, 0.4) is 0 Å². The van der Waals surface area contributed by atoms with E-state index in [2.05, 4.69) is 53.4 Å². The minimum atomic E-state index is -0.180. The van der Waals surface area contributed by atoms with Crippen molar-refractivity contribution in [1.82, 2.24) is 4.98 Å². The van der Waals surface area contributed by atoms with Crippen molar-refractivity contribution in [3.63, 3.8) is 0 Å². The summed E-state index contributed by atoms with van der Waals surface area (Å²) in [6, 6.07) is 9.66. The number of rotatable bonds is 3. The van der Waals surface area contributed by atoms with Crippen LogP contribution in [0, 0.1) is 0 Å². The van der Waals surface area contributed by atoms with Gasteiger partial charge < -0.3 is 0 Å². The van der Waals surface area contributed by atoms with Gasteiger partial charge in [-0.05, 0) is 40.3 Å². The van der Waals surface area contributed by atoms with Crippen molar-refractivity contribution in [1.29, 1.82) is 0 Å². The number of amidine groups is 1. The second-order valence-electron chi connectivity index (χ2n) is 7.10. The first-order valence-electron chi connectivity index (χ1n) is 9.21. The molecule has 0 atom stereocenters. The number of thiazole rings is 1. The van der Waals surface area contributed by atoms with Crippen LogP contribution in [0.2, 0.25) is 0 Å². The third kappa shape index (κ3) is 2.94. The highest BCUT2D eigenvalue weighted by molar-refractivity contribution is 7.13. The Hall–Kier alpha value is -3.03. The van der Waals surface area contributed by atoms with Gasteiger partial charge in [-0.2, -0.15) is 11.3 Å². The smallest absolute Gasteiger partial charge is 0.240 e. The second-order valence-corrected chi connectivity index (χ2v) is 8.95. The molecule has 2 aliphatic heterocycles. The van der Waals surface area contributed by atoms with Crippen LogP contribution in [-0.2, 0) is 0 Å².